The lowest BCUT2D eigenvalue weighted by Crippen LogP contribution is -2.30. The second kappa shape index (κ2) is 9.46. The highest BCUT2D eigenvalue weighted by Crippen LogP contribution is 2.25. The van der Waals surface area contributed by atoms with E-state index in [9.17, 15) is 4.79 Å². The van der Waals surface area contributed by atoms with Gasteiger partial charge in [0.15, 0.2) is 5.78 Å². The summed E-state index contributed by atoms with van der Waals surface area (Å²) in [6.07, 6.45) is 2.67. The van der Waals surface area contributed by atoms with Crippen LogP contribution in [0.2, 0.25) is 0 Å². The van der Waals surface area contributed by atoms with Crippen molar-refractivity contribution in [3.63, 3.8) is 0 Å². The first-order valence-corrected chi connectivity index (χ1v) is 11.0. The molecule has 0 saturated carbocycles. The third kappa shape index (κ3) is 4.35. The molecule has 0 radical (unpaired) electrons. The maximum absolute atomic E-state index is 13.6. The Kier molecular flexibility index (Phi) is 6.09. The van der Waals surface area contributed by atoms with E-state index in [1.165, 1.54) is 11.1 Å². The fourth-order valence-electron chi connectivity index (χ4n) is 4.26. The van der Waals surface area contributed by atoms with Gasteiger partial charge in [0.1, 0.15) is 0 Å². The first-order valence-electron chi connectivity index (χ1n) is 11.0. The van der Waals surface area contributed by atoms with Crippen LogP contribution in [0.15, 0.2) is 85.1 Å². The molecule has 1 aliphatic rings. The molecule has 5 rings (SSSR count). The van der Waals surface area contributed by atoms with Crippen LogP contribution in [0.1, 0.15) is 39.1 Å². The van der Waals surface area contributed by atoms with Crippen molar-refractivity contribution in [2.75, 3.05) is 13.1 Å². The quantitative estimate of drug-likeness (QED) is 0.279. The van der Waals surface area contributed by atoms with Crippen molar-refractivity contribution in [3.05, 3.63) is 107 Å². The van der Waals surface area contributed by atoms with Crippen LogP contribution in [0, 0.1) is 0 Å². The molecule has 0 amide bonds. The van der Waals surface area contributed by atoms with E-state index >= 15 is 0 Å². The molecule has 4 aromatic rings. The summed E-state index contributed by atoms with van der Waals surface area (Å²) in [5.41, 5.74) is 14.4. The summed E-state index contributed by atoms with van der Waals surface area (Å²) in [4.78, 5) is 16.8. The number of aromatic nitrogens is 1. The van der Waals surface area contributed by atoms with Gasteiger partial charge >= 0.3 is 0 Å². The zero-order valence-corrected chi connectivity index (χ0v) is 17.8. The molecule has 1 aliphatic heterocycles. The van der Waals surface area contributed by atoms with E-state index in [0.717, 1.165) is 35.0 Å². The summed E-state index contributed by atoms with van der Waals surface area (Å²) < 4.78 is 0. The maximum atomic E-state index is 13.6. The monoisotopic (exact) mass is 425 g/mol. The molecule has 0 bridgehead atoms. The molecular formula is C26H27N5O. The number of nitrogens with one attached hydrogen (secondary N) is 5. The highest BCUT2D eigenvalue weighted by atomic mass is 16.1. The Bertz CT molecular complexity index is 1180. The van der Waals surface area contributed by atoms with Crippen molar-refractivity contribution in [1.29, 1.82) is 0 Å². The molecule has 2 heterocycles. The van der Waals surface area contributed by atoms with Gasteiger partial charge in [0.2, 0.25) is 0 Å². The second-order valence-electron chi connectivity index (χ2n) is 8.10. The van der Waals surface area contributed by atoms with Crippen molar-refractivity contribution >= 4 is 16.7 Å². The van der Waals surface area contributed by atoms with Crippen molar-refractivity contribution in [1.82, 2.24) is 26.7 Å². The maximum Gasteiger partial charge on any atom is 0.186 e. The van der Waals surface area contributed by atoms with Crippen LogP contribution in [0.25, 0.3) is 10.9 Å². The number of carbonyl (C=O) groups is 1. The Hall–Kier alpha value is -3.29. The highest BCUT2D eigenvalue weighted by Gasteiger charge is 2.24. The summed E-state index contributed by atoms with van der Waals surface area (Å²) in [5.74, 6) is 0.0799. The van der Waals surface area contributed by atoms with Crippen LogP contribution < -0.4 is 21.7 Å². The number of hydrogen-bond donors (Lipinski definition) is 5. The molecular weight excluding hydrogens is 398 g/mol. The number of para-hydroxylation sites is 1. The first-order chi connectivity index (χ1) is 15.8. The number of Topliss-reactive ketones (excluding diaryl/α,β-unsaturated/α-hetero) is 1. The fourth-order valence-corrected chi connectivity index (χ4v) is 4.26. The highest BCUT2D eigenvalue weighted by molar-refractivity contribution is 6.10. The molecule has 2 atom stereocenters. The minimum atomic E-state index is -0.394. The second-order valence-corrected chi connectivity index (χ2v) is 8.10. The molecule has 1 unspecified atom stereocenters. The van der Waals surface area contributed by atoms with Crippen LogP contribution in [-0.4, -0.2) is 23.9 Å². The first kappa shape index (κ1) is 20.6. The average Bonchev–Trinajstić information content (AvgIpc) is 3.53. The number of hydrazine groups is 2. The Morgan fingerprint density at radius 1 is 0.969 bits per heavy atom. The number of aromatic amines is 1. The summed E-state index contributed by atoms with van der Waals surface area (Å²) in [5, 5.41) is 4.47. The molecule has 32 heavy (non-hydrogen) atoms. The predicted octanol–water partition coefficient (Wildman–Crippen LogP) is 3.58. The number of rotatable bonds is 8. The Labute approximate surface area is 187 Å². The van der Waals surface area contributed by atoms with E-state index < -0.39 is 6.04 Å². The standard InChI is InChI=1S/C26H27N5O/c32-26(22-16-28-23-9-5-4-8-21(22)23)25(20-6-2-1-3-7-20)27-15-14-18-10-12-19(13-11-18)24-17-29-31-30-24/h1-13,16,24-25,27-31H,14-15,17H2/t24?,25-/m0/s1. The summed E-state index contributed by atoms with van der Waals surface area (Å²) >= 11 is 0. The van der Waals surface area contributed by atoms with Crippen LogP contribution in [-0.2, 0) is 6.42 Å². The number of fused-ring (bicyclic) bond motifs is 1. The van der Waals surface area contributed by atoms with Crippen LogP contribution in [0.3, 0.4) is 0 Å². The zero-order valence-electron chi connectivity index (χ0n) is 17.8. The van der Waals surface area contributed by atoms with Crippen molar-refractivity contribution in [2.24, 2.45) is 0 Å². The molecule has 6 nitrogen and oxygen atoms in total. The van der Waals surface area contributed by atoms with Gasteiger partial charge in [-0.1, -0.05) is 72.8 Å². The molecule has 1 aromatic heterocycles. The van der Waals surface area contributed by atoms with E-state index in [1.807, 2.05) is 60.8 Å². The van der Waals surface area contributed by atoms with Crippen molar-refractivity contribution in [3.8, 4) is 0 Å². The van der Waals surface area contributed by atoms with Gasteiger partial charge < -0.3 is 10.3 Å². The van der Waals surface area contributed by atoms with Crippen LogP contribution in [0.5, 0.6) is 0 Å². The topological polar surface area (TPSA) is 81.0 Å². The van der Waals surface area contributed by atoms with E-state index in [4.69, 9.17) is 0 Å². The van der Waals surface area contributed by atoms with Gasteiger partial charge in [0.05, 0.1) is 12.1 Å². The van der Waals surface area contributed by atoms with Gasteiger partial charge in [-0.05, 0) is 29.2 Å². The van der Waals surface area contributed by atoms with E-state index in [2.05, 4.69) is 51.0 Å². The minimum Gasteiger partial charge on any atom is -0.360 e. The third-order valence-corrected chi connectivity index (χ3v) is 6.03. The normalized spacial score (nSPS) is 16.9. The number of ketones is 1. The molecule has 0 spiro atoms. The van der Waals surface area contributed by atoms with Gasteiger partial charge in [-0.3, -0.25) is 4.79 Å². The molecule has 1 fully saturated rings. The van der Waals surface area contributed by atoms with E-state index in [-0.39, 0.29) is 11.8 Å². The van der Waals surface area contributed by atoms with Gasteiger partial charge in [-0.2, -0.15) is 5.53 Å². The minimum absolute atomic E-state index is 0.0799. The van der Waals surface area contributed by atoms with Crippen molar-refractivity contribution in [2.45, 2.75) is 18.5 Å². The van der Waals surface area contributed by atoms with Gasteiger partial charge in [0, 0.05) is 35.8 Å². The molecule has 0 aliphatic carbocycles. The SMILES string of the molecule is O=C(c1c[nH]c2ccccc12)[C@@H](NCCc1ccc(C2CNNN2)cc1)c1ccccc1. The van der Waals surface area contributed by atoms with Gasteiger partial charge in [-0.15, -0.1) is 0 Å². The Balaban J connectivity index is 1.30. The van der Waals surface area contributed by atoms with Gasteiger partial charge in [0.25, 0.3) is 0 Å². The summed E-state index contributed by atoms with van der Waals surface area (Å²) in [7, 11) is 0. The van der Waals surface area contributed by atoms with Crippen LogP contribution >= 0.6 is 0 Å². The molecule has 3 aromatic carbocycles. The lowest BCUT2D eigenvalue weighted by atomic mass is 9.96. The number of carbonyl (C=O) groups excluding carboxylic acids is 1. The number of H-pyrrole nitrogens is 1. The Morgan fingerprint density at radius 3 is 2.53 bits per heavy atom. The molecule has 162 valence electrons. The largest absolute Gasteiger partial charge is 0.360 e. The van der Waals surface area contributed by atoms with Crippen molar-refractivity contribution < 1.29 is 4.79 Å². The lowest BCUT2D eigenvalue weighted by Gasteiger charge is -2.18. The molecule has 5 N–H and O–H groups in total. The smallest absolute Gasteiger partial charge is 0.186 e. The van der Waals surface area contributed by atoms with E-state index in [0.29, 0.717) is 6.54 Å². The Morgan fingerprint density at radius 2 is 1.75 bits per heavy atom. The van der Waals surface area contributed by atoms with Gasteiger partial charge in [-0.25, -0.2) is 10.9 Å². The molecule has 1 saturated heterocycles. The fraction of sp³-hybridized carbons (Fsp3) is 0.192. The average molecular weight is 426 g/mol. The number of hydrogen-bond acceptors (Lipinski definition) is 5. The third-order valence-electron chi connectivity index (χ3n) is 6.03. The van der Waals surface area contributed by atoms with Crippen LogP contribution in [0.4, 0.5) is 0 Å². The molecule has 6 heteroatoms. The van der Waals surface area contributed by atoms with E-state index in [1.54, 1.807) is 0 Å². The summed E-state index contributed by atoms with van der Waals surface area (Å²) in [6, 6.07) is 26.4. The summed E-state index contributed by atoms with van der Waals surface area (Å²) in [6.45, 7) is 1.56. The lowest BCUT2D eigenvalue weighted by molar-refractivity contribution is 0.0945. The number of benzene rings is 3. The predicted molar refractivity (Wildman–Crippen MR) is 127 cm³/mol. The zero-order chi connectivity index (χ0) is 21.8.